The third kappa shape index (κ3) is 3.55. The predicted octanol–water partition coefficient (Wildman–Crippen LogP) is 4.94. The minimum absolute atomic E-state index is 0.0393. The molecule has 0 unspecified atom stereocenters. The fraction of sp³-hybridized carbons (Fsp3) is 0.0556. The molecule has 0 fully saturated rings. The molecular formula is C18H15N3O2S. The minimum Gasteiger partial charge on any atom is -0.338 e. The maximum Gasteiger partial charge on any atom is 0.271 e. The van der Waals surface area contributed by atoms with Crippen molar-refractivity contribution in [3.8, 4) is 0 Å². The number of anilines is 1. The summed E-state index contributed by atoms with van der Waals surface area (Å²) < 4.78 is 0. The highest BCUT2D eigenvalue weighted by Crippen LogP contribution is 2.44. The Morgan fingerprint density at radius 3 is 2.79 bits per heavy atom. The average Bonchev–Trinajstić information content (AvgIpc) is 2.91. The third-order valence-electron chi connectivity index (χ3n) is 3.47. The largest absolute Gasteiger partial charge is 0.338 e. The molecule has 1 aliphatic rings. The van der Waals surface area contributed by atoms with Gasteiger partial charge in [-0.25, -0.2) is 0 Å². The number of aliphatic imine (C=N–C) groups is 1. The van der Waals surface area contributed by atoms with Crippen molar-refractivity contribution >= 4 is 35.0 Å². The Hall–Kier alpha value is -2.86. The lowest BCUT2D eigenvalue weighted by molar-refractivity contribution is -0.384. The average molecular weight is 337 g/mol. The summed E-state index contributed by atoms with van der Waals surface area (Å²) >= 11 is 1.72. The first-order chi connectivity index (χ1) is 11.6. The first-order valence-corrected chi connectivity index (χ1v) is 8.13. The van der Waals surface area contributed by atoms with Gasteiger partial charge in [0.1, 0.15) is 0 Å². The molecule has 3 rings (SSSR count). The summed E-state index contributed by atoms with van der Waals surface area (Å²) in [6.45, 7) is 0. The number of hydrogen-bond acceptors (Lipinski definition) is 5. The normalized spacial score (nSPS) is 15.5. The highest BCUT2D eigenvalue weighted by molar-refractivity contribution is 8.03. The molecule has 0 spiro atoms. The van der Waals surface area contributed by atoms with E-state index in [4.69, 9.17) is 0 Å². The molecule has 0 N–H and O–H groups in total. The number of thioether (sulfide) groups is 1. The van der Waals surface area contributed by atoms with Crippen LogP contribution in [0.1, 0.15) is 0 Å². The fourth-order valence-corrected chi connectivity index (χ4v) is 3.33. The van der Waals surface area contributed by atoms with Crippen molar-refractivity contribution in [3.05, 3.63) is 81.9 Å². The number of nitrogens with zero attached hydrogens (tertiary/aromatic N) is 3. The van der Waals surface area contributed by atoms with Gasteiger partial charge in [0.05, 0.1) is 21.3 Å². The van der Waals surface area contributed by atoms with Crippen LogP contribution in [0.15, 0.2) is 81.7 Å². The van der Waals surface area contributed by atoms with Gasteiger partial charge in [-0.1, -0.05) is 36.0 Å². The van der Waals surface area contributed by atoms with Crippen molar-refractivity contribution in [1.82, 2.24) is 0 Å². The smallest absolute Gasteiger partial charge is 0.271 e. The van der Waals surface area contributed by atoms with Crippen LogP contribution < -0.4 is 4.90 Å². The lowest BCUT2D eigenvalue weighted by atomic mass is 10.3. The van der Waals surface area contributed by atoms with E-state index in [9.17, 15) is 10.1 Å². The number of non-ortho nitro benzene ring substituents is 1. The van der Waals surface area contributed by atoms with Crippen LogP contribution in [0.2, 0.25) is 0 Å². The predicted molar refractivity (Wildman–Crippen MR) is 99.2 cm³/mol. The van der Waals surface area contributed by atoms with Crippen molar-refractivity contribution in [2.75, 3.05) is 11.9 Å². The molecule has 0 bridgehead atoms. The topological polar surface area (TPSA) is 58.7 Å². The molecule has 5 nitrogen and oxygen atoms in total. The minimum atomic E-state index is -0.426. The van der Waals surface area contributed by atoms with Gasteiger partial charge in [0.25, 0.3) is 5.69 Å². The number of fused-ring (bicyclic) bond motifs is 1. The van der Waals surface area contributed by atoms with Gasteiger partial charge < -0.3 is 4.90 Å². The number of rotatable bonds is 4. The first-order valence-electron chi connectivity index (χ1n) is 7.31. The molecule has 1 heterocycles. The van der Waals surface area contributed by atoms with Crippen LogP contribution >= 0.6 is 11.8 Å². The van der Waals surface area contributed by atoms with Gasteiger partial charge in [-0.3, -0.25) is 15.1 Å². The Morgan fingerprint density at radius 1 is 1.17 bits per heavy atom. The Kier molecular flexibility index (Phi) is 4.77. The molecule has 1 aliphatic heterocycles. The van der Waals surface area contributed by atoms with E-state index in [1.807, 2.05) is 37.4 Å². The van der Waals surface area contributed by atoms with Crippen LogP contribution in [-0.4, -0.2) is 18.2 Å². The van der Waals surface area contributed by atoms with Gasteiger partial charge >= 0.3 is 0 Å². The van der Waals surface area contributed by atoms with Gasteiger partial charge in [0, 0.05) is 30.3 Å². The van der Waals surface area contributed by atoms with E-state index in [1.165, 1.54) is 22.7 Å². The number of benzene rings is 2. The number of hydrogen-bond donors (Lipinski definition) is 0. The maximum absolute atomic E-state index is 10.7. The molecule has 2 aromatic carbocycles. The lowest BCUT2D eigenvalue weighted by Gasteiger charge is -2.12. The van der Waals surface area contributed by atoms with E-state index in [1.54, 1.807) is 30.1 Å². The fourth-order valence-electron chi connectivity index (χ4n) is 2.27. The standard InChI is InChI=1S/C18H15N3O2S/c1-20-16-9-2-3-10-17(16)24-18(20)11-4-5-12-19-14-7-6-8-15(13-14)21(22)23/h2-13H,1H3. The molecule has 0 saturated carbocycles. The summed E-state index contributed by atoms with van der Waals surface area (Å²) in [6.07, 6.45) is 7.36. The zero-order valence-electron chi connectivity index (χ0n) is 13.0. The van der Waals surface area contributed by atoms with Gasteiger partial charge in [-0.15, -0.1) is 0 Å². The molecule has 2 aromatic rings. The van der Waals surface area contributed by atoms with Crippen molar-refractivity contribution in [2.24, 2.45) is 4.99 Å². The van der Waals surface area contributed by atoms with Crippen molar-refractivity contribution in [1.29, 1.82) is 0 Å². The Labute approximate surface area is 144 Å². The van der Waals surface area contributed by atoms with E-state index < -0.39 is 4.92 Å². The molecular weight excluding hydrogens is 322 g/mol. The number of para-hydroxylation sites is 1. The monoisotopic (exact) mass is 337 g/mol. The summed E-state index contributed by atoms with van der Waals surface area (Å²) in [6, 6.07) is 14.5. The molecule has 24 heavy (non-hydrogen) atoms. The third-order valence-corrected chi connectivity index (χ3v) is 4.66. The van der Waals surface area contributed by atoms with Crippen LogP contribution in [0, 0.1) is 10.1 Å². The van der Waals surface area contributed by atoms with Crippen molar-refractivity contribution < 1.29 is 4.92 Å². The molecule has 0 radical (unpaired) electrons. The highest BCUT2D eigenvalue weighted by atomic mass is 32.2. The van der Waals surface area contributed by atoms with E-state index in [0.717, 1.165) is 5.03 Å². The summed E-state index contributed by atoms with van der Waals surface area (Å²) in [4.78, 5) is 17.9. The number of allylic oxidation sites excluding steroid dienone is 3. The zero-order chi connectivity index (χ0) is 16.9. The SMILES string of the molecule is CN1C(=CC=CC=Nc2cccc([N+](=O)[O-])c2)Sc2ccccc21. The van der Waals surface area contributed by atoms with E-state index in [2.05, 4.69) is 22.0 Å². The van der Waals surface area contributed by atoms with Crippen LogP contribution in [0.5, 0.6) is 0 Å². The Bertz CT molecular complexity index is 859. The van der Waals surface area contributed by atoms with E-state index >= 15 is 0 Å². The van der Waals surface area contributed by atoms with E-state index in [0.29, 0.717) is 5.69 Å². The number of nitro groups is 1. The van der Waals surface area contributed by atoms with E-state index in [-0.39, 0.29) is 5.69 Å². The molecule has 6 heteroatoms. The van der Waals surface area contributed by atoms with Crippen molar-refractivity contribution in [2.45, 2.75) is 4.90 Å². The Balaban J connectivity index is 1.65. The number of nitro benzene ring substituents is 1. The summed E-state index contributed by atoms with van der Waals surface area (Å²) in [5, 5.41) is 11.9. The first kappa shape index (κ1) is 16.0. The van der Waals surface area contributed by atoms with Gasteiger partial charge in [0.15, 0.2) is 0 Å². The lowest BCUT2D eigenvalue weighted by Crippen LogP contribution is -2.08. The second-order valence-electron chi connectivity index (χ2n) is 5.07. The van der Waals surface area contributed by atoms with Crippen LogP contribution in [0.3, 0.4) is 0 Å². The molecule has 0 atom stereocenters. The molecule has 0 aliphatic carbocycles. The molecule has 0 aromatic heterocycles. The van der Waals surface area contributed by atoms with Crippen LogP contribution in [0.25, 0.3) is 0 Å². The summed E-state index contributed by atoms with van der Waals surface area (Å²) in [5.41, 5.74) is 1.80. The summed E-state index contributed by atoms with van der Waals surface area (Å²) in [7, 11) is 2.04. The second-order valence-corrected chi connectivity index (χ2v) is 6.14. The van der Waals surface area contributed by atoms with Gasteiger partial charge in [-0.2, -0.15) is 0 Å². The highest BCUT2D eigenvalue weighted by Gasteiger charge is 2.20. The second kappa shape index (κ2) is 7.14. The van der Waals surface area contributed by atoms with Crippen molar-refractivity contribution in [3.63, 3.8) is 0 Å². The van der Waals surface area contributed by atoms with Gasteiger partial charge in [0.2, 0.25) is 0 Å². The van der Waals surface area contributed by atoms with Crippen LogP contribution in [0.4, 0.5) is 17.1 Å². The molecule has 120 valence electrons. The molecule has 0 amide bonds. The van der Waals surface area contributed by atoms with Gasteiger partial charge in [-0.05, 0) is 30.4 Å². The zero-order valence-corrected chi connectivity index (χ0v) is 13.8. The van der Waals surface area contributed by atoms with Crippen LogP contribution in [-0.2, 0) is 0 Å². The molecule has 0 saturated heterocycles. The maximum atomic E-state index is 10.7. The summed E-state index contributed by atoms with van der Waals surface area (Å²) in [5.74, 6) is 0. The Morgan fingerprint density at radius 2 is 2.00 bits per heavy atom. The quantitative estimate of drug-likeness (QED) is 0.450.